The van der Waals surface area contributed by atoms with Crippen molar-refractivity contribution in [2.45, 2.75) is 23.8 Å². The molecule has 3 rings (SSSR count). The first kappa shape index (κ1) is 16.7. The van der Waals surface area contributed by atoms with Gasteiger partial charge in [0.1, 0.15) is 18.2 Å². The van der Waals surface area contributed by atoms with Crippen molar-refractivity contribution in [3.63, 3.8) is 0 Å². The Morgan fingerprint density at radius 1 is 1.33 bits per heavy atom. The summed E-state index contributed by atoms with van der Waals surface area (Å²) >= 11 is 1.42. The van der Waals surface area contributed by atoms with Crippen molar-refractivity contribution in [3.8, 4) is 5.88 Å². The Bertz CT molecular complexity index is 669. The van der Waals surface area contributed by atoms with E-state index in [-0.39, 0.29) is 17.8 Å². The summed E-state index contributed by atoms with van der Waals surface area (Å²) in [5, 5.41) is 0. The van der Waals surface area contributed by atoms with E-state index in [2.05, 4.69) is 9.97 Å². The van der Waals surface area contributed by atoms with E-state index in [0.717, 1.165) is 24.3 Å². The molecule has 1 aromatic carbocycles. The standard InChI is InChI=1S/C17H18FN3O2S/c18-13-3-5-15(6-4-13)24-11-17(22)21-9-1-2-14(10-21)23-16-7-8-19-12-20-16/h3-8,12,14H,1-2,9-11H2/t14-/m1/s1. The largest absolute Gasteiger partial charge is 0.472 e. The van der Waals surface area contributed by atoms with E-state index < -0.39 is 0 Å². The van der Waals surface area contributed by atoms with Crippen LogP contribution in [0.25, 0.3) is 0 Å². The van der Waals surface area contributed by atoms with Gasteiger partial charge in [-0.3, -0.25) is 4.79 Å². The van der Waals surface area contributed by atoms with Crippen LogP contribution in [0.5, 0.6) is 5.88 Å². The minimum Gasteiger partial charge on any atom is -0.472 e. The number of nitrogens with zero attached hydrogens (tertiary/aromatic N) is 3. The molecule has 0 aliphatic carbocycles. The molecule has 0 saturated carbocycles. The Labute approximate surface area is 144 Å². The molecule has 7 heteroatoms. The minimum absolute atomic E-state index is 0.0478. The SMILES string of the molecule is O=C(CSc1ccc(F)cc1)N1CCC[C@@H](Oc2ccncn2)C1. The molecule has 1 saturated heterocycles. The lowest BCUT2D eigenvalue weighted by molar-refractivity contribution is -0.130. The van der Waals surface area contributed by atoms with Crippen molar-refractivity contribution in [2.75, 3.05) is 18.8 Å². The minimum atomic E-state index is -0.272. The van der Waals surface area contributed by atoms with Gasteiger partial charge in [0.2, 0.25) is 11.8 Å². The van der Waals surface area contributed by atoms with E-state index in [1.807, 2.05) is 4.90 Å². The number of amides is 1. The average molecular weight is 347 g/mol. The second-order valence-electron chi connectivity index (χ2n) is 5.51. The van der Waals surface area contributed by atoms with Crippen LogP contribution in [0.3, 0.4) is 0 Å². The van der Waals surface area contributed by atoms with E-state index in [9.17, 15) is 9.18 Å². The van der Waals surface area contributed by atoms with Crippen molar-refractivity contribution >= 4 is 17.7 Å². The van der Waals surface area contributed by atoms with Gasteiger partial charge in [-0.25, -0.2) is 14.4 Å². The Kier molecular flexibility index (Phi) is 5.63. The topological polar surface area (TPSA) is 55.3 Å². The maximum absolute atomic E-state index is 12.9. The third kappa shape index (κ3) is 4.67. The first-order chi connectivity index (χ1) is 11.7. The Hall–Kier alpha value is -2.15. The predicted octanol–water partition coefficient (Wildman–Crippen LogP) is 2.78. The van der Waals surface area contributed by atoms with E-state index in [0.29, 0.717) is 18.2 Å². The van der Waals surface area contributed by atoms with Gasteiger partial charge in [0.15, 0.2) is 0 Å². The van der Waals surface area contributed by atoms with Crippen molar-refractivity contribution in [3.05, 3.63) is 48.7 Å². The summed E-state index contributed by atoms with van der Waals surface area (Å²) in [6, 6.07) is 7.89. The normalized spacial score (nSPS) is 17.5. The van der Waals surface area contributed by atoms with Gasteiger partial charge in [0.05, 0.1) is 12.3 Å². The molecule has 2 heterocycles. The lowest BCUT2D eigenvalue weighted by atomic mass is 10.1. The second kappa shape index (κ2) is 8.10. The molecule has 1 aliphatic rings. The number of likely N-dealkylation sites (tertiary alicyclic amines) is 1. The molecule has 0 bridgehead atoms. The molecule has 1 aromatic heterocycles. The smallest absolute Gasteiger partial charge is 0.233 e. The number of carbonyl (C=O) groups excluding carboxylic acids is 1. The van der Waals surface area contributed by atoms with Crippen molar-refractivity contribution in [2.24, 2.45) is 0 Å². The number of thioether (sulfide) groups is 1. The quantitative estimate of drug-likeness (QED) is 0.779. The van der Waals surface area contributed by atoms with Crippen molar-refractivity contribution in [1.82, 2.24) is 14.9 Å². The Balaban J connectivity index is 1.50. The van der Waals surface area contributed by atoms with Gasteiger partial charge in [0, 0.05) is 23.7 Å². The Morgan fingerprint density at radius 2 is 2.17 bits per heavy atom. The highest BCUT2D eigenvalue weighted by Gasteiger charge is 2.25. The fraction of sp³-hybridized carbons (Fsp3) is 0.353. The molecule has 1 fully saturated rings. The molecule has 1 atom stereocenters. The number of rotatable bonds is 5. The zero-order chi connectivity index (χ0) is 16.8. The van der Waals surface area contributed by atoms with Crippen molar-refractivity contribution < 1.29 is 13.9 Å². The molecule has 24 heavy (non-hydrogen) atoms. The number of benzene rings is 1. The summed E-state index contributed by atoms with van der Waals surface area (Å²) in [5.74, 6) is 0.669. The highest BCUT2D eigenvalue weighted by molar-refractivity contribution is 8.00. The molecule has 2 aromatic rings. The van der Waals surface area contributed by atoms with E-state index >= 15 is 0 Å². The molecular weight excluding hydrogens is 329 g/mol. The second-order valence-corrected chi connectivity index (χ2v) is 6.56. The maximum Gasteiger partial charge on any atom is 0.233 e. The number of hydrogen-bond acceptors (Lipinski definition) is 5. The lowest BCUT2D eigenvalue weighted by Crippen LogP contribution is -2.45. The number of carbonyl (C=O) groups is 1. The summed E-state index contributed by atoms with van der Waals surface area (Å²) in [5.41, 5.74) is 0. The fourth-order valence-corrected chi connectivity index (χ4v) is 3.35. The summed E-state index contributed by atoms with van der Waals surface area (Å²) in [6.45, 7) is 1.30. The molecule has 126 valence electrons. The van der Waals surface area contributed by atoms with Crippen LogP contribution < -0.4 is 4.74 Å². The van der Waals surface area contributed by atoms with Crippen LogP contribution in [0.4, 0.5) is 4.39 Å². The third-order valence-corrected chi connectivity index (χ3v) is 4.75. The molecule has 5 nitrogen and oxygen atoms in total. The monoisotopic (exact) mass is 347 g/mol. The van der Waals surface area contributed by atoms with Gasteiger partial charge in [-0.2, -0.15) is 0 Å². The summed E-state index contributed by atoms with van der Waals surface area (Å²) in [6.07, 6.45) is 4.84. The fourth-order valence-electron chi connectivity index (χ4n) is 2.55. The van der Waals surface area contributed by atoms with Crippen LogP contribution >= 0.6 is 11.8 Å². The van der Waals surface area contributed by atoms with Crippen LogP contribution in [-0.2, 0) is 4.79 Å². The first-order valence-electron chi connectivity index (χ1n) is 7.79. The lowest BCUT2D eigenvalue weighted by Gasteiger charge is -2.32. The molecular formula is C17H18FN3O2S. The highest BCUT2D eigenvalue weighted by atomic mass is 32.2. The summed E-state index contributed by atoms with van der Waals surface area (Å²) < 4.78 is 18.7. The van der Waals surface area contributed by atoms with Gasteiger partial charge in [0.25, 0.3) is 0 Å². The Morgan fingerprint density at radius 3 is 2.92 bits per heavy atom. The van der Waals surface area contributed by atoms with Crippen LogP contribution in [0, 0.1) is 5.82 Å². The molecule has 0 N–H and O–H groups in total. The van der Waals surface area contributed by atoms with Crippen LogP contribution in [0.2, 0.25) is 0 Å². The molecule has 0 spiro atoms. The van der Waals surface area contributed by atoms with Crippen LogP contribution in [0.1, 0.15) is 12.8 Å². The van der Waals surface area contributed by atoms with Gasteiger partial charge >= 0.3 is 0 Å². The van der Waals surface area contributed by atoms with Gasteiger partial charge in [-0.05, 0) is 37.1 Å². The van der Waals surface area contributed by atoms with Crippen LogP contribution in [0.15, 0.2) is 47.8 Å². The van der Waals surface area contributed by atoms with Gasteiger partial charge in [-0.1, -0.05) is 0 Å². The molecule has 0 radical (unpaired) electrons. The first-order valence-corrected chi connectivity index (χ1v) is 8.78. The zero-order valence-corrected chi connectivity index (χ0v) is 13.9. The number of piperidine rings is 1. The van der Waals surface area contributed by atoms with E-state index in [1.165, 1.54) is 30.2 Å². The van der Waals surface area contributed by atoms with Crippen molar-refractivity contribution in [1.29, 1.82) is 0 Å². The van der Waals surface area contributed by atoms with Crippen LogP contribution in [-0.4, -0.2) is 45.7 Å². The summed E-state index contributed by atoms with van der Waals surface area (Å²) in [4.78, 5) is 23.0. The number of aromatic nitrogens is 2. The third-order valence-electron chi connectivity index (χ3n) is 3.75. The highest BCUT2D eigenvalue weighted by Crippen LogP contribution is 2.21. The molecule has 1 aliphatic heterocycles. The maximum atomic E-state index is 12.9. The molecule has 1 amide bonds. The molecule has 0 unspecified atom stereocenters. The van der Waals surface area contributed by atoms with Gasteiger partial charge < -0.3 is 9.64 Å². The number of ether oxygens (including phenoxy) is 1. The average Bonchev–Trinajstić information content (AvgIpc) is 2.62. The summed E-state index contributed by atoms with van der Waals surface area (Å²) in [7, 11) is 0. The van der Waals surface area contributed by atoms with Gasteiger partial charge in [-0.15, -0.1) is 11.8 Å². The van der Waals surface area contributed by atoms with E-state index in [1.54, 1.807) is 24.4 Å². The zero-order valence-electron chi connectivity index (χ0n) is 13.1. The number of hydrogen-bond donors (Lipinski definition) is 0. The van der Waals surface area contributed by atoms with E-state index in [4.69, 9.17) is 4.74 Å². The predicted molar refractivity (Wildman–Crippen MR) is 89.4 cm³/mol. The number of halogens is 1.